The van der Waals surface area contributed by atoms with Crippen molar-refractivity contribution < 1.29 is 29.3 Å². The predicted octanol–water partition coefficient (Wildman–Crippen LogP) is 4.36. The van der Waals surface area contributed by atoms with Gasteiger partial charge in [-0.05, 0) is 13.3 Å². The Balaban J connectivity index is 2.11. The van der Waals surface area contributed by atoms with Crippen molar-refractivity contribution in [1.29, 1.82) is 0 Å². The van der Waals surface area contributed by atoms with Crippen LogP contribution in [0.2, 0.25) is 0 Å². The summed E-state index contributed by atoms with van der Waals surface area (Å²) in [6, 6.07) is 0. The highest BCUT2D eigenvalue weighted by Crippen LogP contribution is 2.33. The Hall–Kier alpha value is -1.14. The second-order valence-electron chi connectivity index (χ2n) is 7.17. The maximum Gasteiger partial charge on any atom is 0.336 e. The van der Waals surface area contributed by atoms with Gasteiger partial charge in [-0.1, -0.05) is 71.1 Å². The van der Waals surface area contributed by atoms with Crippen LogP contribution in [-0.2, 0) is 19.1 Å². The fourth-order valence-electron chi connectivity index (χ4n) is 3.28. The van der Waals surface area contributed by atoms with Gasteiger partial charge in [0.1, 0.15) is 0 Å². The molecule has 0 aliphatic carbocycles. The first-order chi connectivity index (χ1) is 11.9. The molecule has 1 saturated heterocycles. The normalized spacial score (nSPS) is 26.0. The van der Waals surface area contributed by atoms with Crippen LogP contribution in [0.1, 0.15) is 90.9 Å². The monoisotopic (exact) mass is 358 g/mol. The van der Waals surface area contributed by atoms with E-state index >= 15 is 0 Å². The van der Waals surface area contributed by atoms with Gasteiger partial charge in [-0.15, -0.1) is 0 Å². The van der Waals surface area contributed by atoms with Crippen molar-refractivity contribution in [2.24, 2.45) is 0 Å². The highest BCUT2D eigenvalue weighted by atomic mass is 16.8. The van der Waals surface area contributed by atoms with Gasteiger partial charge in [0, 0.05) is 6.42 Å². The molecule has 6 nitrogen and oxygen atoms in total. The highest BCUT2D eigenvalue weighted by Gasteiger charge is 2.51. The lowest BCUT2D eigenvalue weighted by Gasteiger charge is -2.22. The molecule has 146 valence electrons. The van der Waals surface area contributed by atoms with Crippen LogP contribution in [0, 0.1) is 0 Å². The number of ether oxygens (including phenoxy) is 2. The Morgan fingerprint density at radius 2 is 1.12 bits per heavy atom. The van der Waals surface area contributed by atoms with Crippen molar-refractivity contribution in [2.75, 3.05) is 0 Å². The number of carboxylic acids is 2. The molecule has 2 N–H and O–H groups in total. The summed E-state index contributed by atoms with van der Waals surface area (Å²) in [5, 5.41) is 18.1. The molecule has 1 aliphatic heterocycles. The molecule has 2 atom stereocenters. The largest absolute Gasteiger partial charge is 0.479 e. The standard InChI is InChI=1S/C19H34O6/c1-3-4-5-6-7-8-9-10-11-12-13-14-19(2)24-15(17(20)21)16(25-19)18(22)23/h15-16H,3-14H2,1-2H3,(H,20,21)(H,22,23). The lowest BCUT2D eigenvalue weighted by molar-refractivity contribution is -0.181. The van der Waals surface area contributed by atoms with Crippen LogP contribution >= 0.6 is 0 Å². The van der Waals surface area contributed by atoms with Gasteiger partial charge in [0.25, 0.3) is 0 Å². The Labute approximate surface area is 150 Å². The zero-order valence-electron chi connectivity index (χ0n) is 15.7. The first-order valence-electron chi connectivity index (χ1n) is 9.71. The Bertz CT molecular complexity index is 387. The van der Waals surface area contributed by atoms with Crippen LogP contribution in [0.3, 0.4) is 0 Å². The SMILES string of the molecule is CCCCCCCCCCCCCC1(C)OC(C(=O)O)C(C(=O)O)O1. The first-order valence-corrected chi connectivity index (χ1v) is 9.71. The molecule has 0 aromatic heterocycles. The van der Waals surface area contributed by atoms with E-state index in [1.54, 1.807) is 6.92 Å². The fraction of sp³-hybridized carbons (Fsp3) is 0.895. The van der Waals surface area contributed by atoms with E-state index < -0.39 is 29.9 Å². The van der Waals surface area contributed by atoms with Gasteiger partial charge in [-0.2, -0.15) is 0 Å². The minimum absolute atomic E-state index is 0.511. The number of hydrogen-bond donors (Lipinski definition) is 2. The second-order valence-corrected chi connectivity index (χ2v) is 7.17. The maximum atomic E-state index is 11.1. The molecule has 0 spiro atoms. The van der Waals surface area contributed by atoms with E-state index in [0.717, 1.165) is 19.3 Å². The molecule has 0 radical (unpaired) electrons. The molecule has 0 bridgehead atoms. The fourth-order valence-corrected chi connectivity index (χ4v) is 3.28. The van der Waals surface area contributed by atoms with Gasteiger partial charge in [0.05, 0.1) is 0 Å². The molecule has 6 heteroatoms. The number of hydrogen-bond acceptors (Lipinski definition) is 4. The van der Waals surface area contributed by atoms with Crippen molar-refractivity contribution in [3.05, 3.63) is 0 Å². The summed E-state index contributed by atoms with van der Waals surface area (Å²) in [7, 11) is 0. The second kappa shape index (κ2) is 11.5. The number of aliphatic carboxylic acids is 2. The molecule has 0 saturated carbocycles. The summed E-state index contributed by atoms with van der Waals surface area (Å²) >= 11 is 0. The summed E-state index contributed by atoms with van der Waals surface area (Å²) < 4.78 is 10.7. The van der Waals surface area contributed by atoms with Crippen molar-refractivity contribution >= 4 is 11.9 Å². The third-order valence-corrected chi connectivity index (χ3v) is 4.75. The van der Waals surface area contributed by atoms with Crippen LogP contribution in [-0.4, -0.2) is 40.1 Å². The zero-order chi connectivity index (χ0) is 18.7. The highest BCUT2D eigenvalue weighted by molar-refractivity contribution is 5.84. The van der Waals surface area contributed by atoms with E-state index in [2.05, 4.69) is 6.92 Å². The summed E-state index contributed by atoms with van der Waals surface area (Å²) in [4.78, 5) is 22.2. The number of carbonyl (C=O) groups is 2. The van der Waals surface area contributed by atoms with Crippen molar-refractivity contribution in [3.63, 3.8) is 0 Å². The minimum atomic E-state index is -1.43. The quantitative estimate of drug-likeness (QED) is 0.448. The van der Waals surface area contributed by atoms with Gasteiger partial charge in [-0.25, -0.2) is 9.59 Å². The van der Waals surface area contributed by atoms with Crippen LogP contribution in [0.4, 0.5) is 0 Å². The molecule has 2 unspecified atom stereocenters. The predicted molar refractivity (Wildman–Crippen MR) is 94.5 cm³/mol. The average molecular weight is 358 g/mol. The number of unbranched alkanes of at least 4 members (excludes halogenated alkanes) is 10. The van der Waals surface area contributed by atoms with Gasteiger partial charge >= 0.3 is 11.9 Å². The number of carboxylic acid groups (broad SMARTS) is 2. The molecular formula is C19H34O6. The lowest BCUT2D eigenvalue weighted by Crippen LogP contribution is -2.36. The molecule has 25 heavy (non-hydrogen) atoms. The van der Waals surface area contributed by atoms with E-state index in [1.807, 2.05) is 0 Å². The Morgan fingerprint density at radius 1 is 0.760 bits per heavy atom. The van der Waals surface area contributed by atoms with E-state index in [1.165, 1.54) is 51.4 Å². The maximum absolute atomic E-state index is 11.1. The van der Waals surface area contributed by atoms with Crippen molar-refractivity contribution in [3.8, 4) is 0 Å². The molecule has 1 aliphatic rings. The summed E-state index contributed by atoms with van der Waals surface area (Å²) in [5.41, 5.74) is 0. The molecular weight excluding hydrogens is 324 g/mol. The van der Waals surface area contributed by atoms with Crippen LogP contribution < -0.4 is 0 Å². The smallest absolute Gasteiger partial charge is 0.336 e. The van der Waals surface area contributed by atoms with E-state index in [-0.39, 0.29) is 0 Å². The van der Waals surface area contributed by atoms with E-state index in [9.17, 15) is 9.59 Å². The van der Waals surface area contributed by atoms with Crippen LogP contribution in [0.15, 0.2) is 0 Å². The third-order valence-electron chi connectivity index (χ3n) is 4.75. The van der Waals surface area contributed by atoms with Crippen LogP contribution in [0.5, 0.6) is 0 Å². The molecule has 0 amide bonds. The zero-order valence-corrected chi connectivity index (χ0v) is 15.7. The molecule has 0 aromatic rings. The summed E-state index contributed by atoms with van der Waals surface area (Å²) in [6.45, 7) is 3.86. The van der Waals surface area contributed by atoms with Gasteiger partial charge in [0.15, 0.2) is 18.0 Å². The molecule has 1 rings (SSSR count). The van der Waals surface area contributed by atoms with Crippen molar-refractivity contribution in [1.82, 2.24) is 0 Å². The molecule has 1 fully saturated rings. The number of rotatable bonds is 14. The summed E-state index contributed by atoms with van der Waals surface area (Å²) in [5.74, 6) is -3.71. The summed E-state index contributed by atoms with van der Waals surface area (Å²) in [6.07, 6.45) is 11.1. The lowest BCUT2D eigenvalue weighted by atomic mass is 10.0. The van der Waals surface area contributed by atoms with Gasteiger partial charge in [0.2, 0.25) is 0 Å². The van der Waals surface area contributed by atoms with Crippen LogP contribution in [0.25, 0.3) is 0 Å². The van der Waals surface area contributed by atoms with Crippen molar-refractivity contribution in [2.45, 2.75) is 109 Å². The third kappa shape index (κ3) is 8.19. The Morgan fingerprint density at radius 3 is 1.48 bits per heavy atom. The average Bonchev–Trinajstić information content (AvgIpc) is 2.91. The minimum Gasteiger partial charge on any atom is -0.479 e. The van der Waals surface area contributed by atoms with E-state index in [4.69, 9.17) is 19.7 Å². The van der Waals surface area contributed by atoms with E-state index in [0.29, 0.717) is 6.42 Å². The van der Waals surface area contributed by atoms with Gasteiger partial charge < -0.3 is 19.7 Å². The first kappa shape index (κ1) is 21.9. The molecule has 1 heterocycles. The van der Waals surface area contributed by atoms with Gasteiger partial charge in [-0.3, -0.25) is 0 Å². The topological polar surface area (TPSA) is 93.1 Å². The molecule has 0 aromatic carbocycles. The Kier molecular flexibility index (Phi) is 10.0.